The van der Waals surface area contributed by atoms with Gasteiger partial charge in [-0.3, -0.25) is 4.79 Å². The Hall–Kier alpha value is -2.06. The minimum absolute atomic E-state index is 0.191. The van der Waals surface area contributed by atoms with Gasteiger partial charge in [0, 0.05) is 24.7 Å². The molecule has 1 aliphatic rings. The quantitative estimate of drug-likeness (QED) is 0.795. The molecule has 140 valence electrons. The van der Waals surface area contributed by atoms with Crippen LogP contribution in [0.25, 0.3) is 5.69 Å². The molecule has 0 saturated carbocycles. The third kappa shape index (κ3) is 3.86. The van der Waals surface area contributed by atoms with E-state index in [9.17, 15) is 18.0 Å². The van der Waals surface area contributed by atoms with Gasteiger partial charge in [-0.25, -0.2) is 4.68 Å². The number of aromatic nitrogens is 2. The van der Waals surface area contributed by atoms with E-state index in [1.807, 2.05) is 7.05 Å². The zero-order valence-electron chi connectivity index (χ0n) is 14.1. The Morgan fingerprint density at radius 3 is 2.46 bits per heavy atom. The van der Waals surface area contributed by atoms with Crippen LogP contribution in [0.2, 0.25) is 5.02 Å². The molecule has 3 rings (SSSR count). The summed E-state index contributed by atoms with van der Waals surface area (Å²) >= 11 is 5.80. The average Bonchev–Trinajstić information content (AvgIpc) is 2.92. The van der Waals surface area contributed by atoms with Crippen LogP contribution >= 0.6 is 11.6 Å². The number of rotatable bonds is 2. The Bertz CT molecular complexity index is 788. The molecule has 0 unspecified atom stereocenters. The highest BCUT2D eigenvalue weighted by Crippen LogP contribution is 2.34. The first-order valence-corrected chi connectivity index (χ1v) is 8.54. The molecule has 0 spiro atoms. The van der Waals surface area contributed by atoms with Gasteiger partial charge in [0.15, 0.2) is 5.69 Å². The molecular formula is C17H18ClF3N4O. The van der Waals surface area contributed by atoms with Crippen LogP contribution in [-0.4, -0.2) is 58.7 Å². The first-order chi connectivity index (χ1) is 12.3. The molecule has 0 bridgehead atoms. The number of likely N-dealkylation sites (N-methyl/N-ethyl adjacent to an activating group) is 1. The molecule has 1 aliphatic heterocycles. The normalized spacial score (nSPS) is 16.6. The Morgan fingerprint density at radius 1 is 1.12 bits per heavy atom. The summed E-state index contributed by atoms with van der Waals surface area (Å²) in [7, 11) is 1.92. The second kappa shape index (κ2) is 7.28. The molecule has 0 N–H and O–H groups in total. The molecule has 1 amide bonds. The van der Waals surface area contributed by atoms with Gasteiger partial charge in [0.25, 0.3) is 5.91 Å². The fraction of sp³-hybridized carbons (Fsp3) is 0.412. The van der Waals surface area contributed by atoms with E-state index in [4.69, 9.17) is 11.6 Å². The van der Waals surface area contributed by atoms with E-state index < -0.39 is 23.3 Å². The topological polar surface area (TPSA) is 41.4 Å². The van der Waals surface area contributed by atoms with Crippen LogP contribution < -0.4 is 0 Å². The van der Waals surface area contributed by atoms with E-state index in [2.05, 4.69) is 10.00 Å². The number of carbonyl (C=O) groups is 1. The summed E-state index contributed by atoms with van der Waals surface area (Å²) in [5, 5.41) is 4.23. The Kier molecular flexibility index (Phi) is 5.24. The number of hydrogen-bond donors (Lipinski definition) is 0. The summed E-state index contributed by atoms with van der Waals surface area (Å²) in [6.45, 7) is 2.24. The maximum Gasteiger partial charge on any atom is 0.434 e. The van der Waals surface area contributed by atoms with Crippen molar-refractivity contribution in [3.05, 3.63) is 46.7 Å². The molecule has 1 saturated heterocycles. The van der Waals surface area contributed by atoms with Crippen molar-refractivity contribution >= 4 is 17.5 Å². The lowest BCUT2D eigenvalue weighted by molar-refractivity contribution is -0.143. The molecule has 1 fully saturated rings. The molecule has 5 nitrogen and oxygen atoms in total. The van der Waals surface area contributed by atoms with E-state index in [1.165, 1.54) is 29.2 Å². The number of halogens is 4. The van der Waals surface area contributed by atoms with Crippen molar-refractivity contribution < 1.29 is 18.0 Å². The molecule has 0 aliphatic carbocycles. The monoisotopic (exact) mass is 386 g/mol. The highest BCUT2D eigenvalue weighted by atomic mass is 35.5. The molecular weight excluding hydrogens is 369 g/mol. The predicted octanol–water partition coefficient (Wildman–Crippen LogP) is 3.32. The van der Waals surface area contributed by atoms with Crippen LogP contribution in [0.15, 0.2) is 30.5 Å². The molecule has 1 aromatic carbocycles. The van der Waals surface area contributed by atoms with Gasteiger partial charge in [-0.2, -0.15) is 18.3 Å². The predicted molar refractivity (Wildman–Crippen MR) is 91.6 cm³/mol. The minimum atomic E-state index is -4.72. The van der Waals surface area contributed by atoms with Gasteiger partial charge < -0.3 is 9.80 Å². The molecule has 26 heavy (non-hydrogen) atoms. The SMILES string of the molecule is CN1CCCN(C(=O)c2cnn(-c3ccc(Cl)cc3)c2C(F)(F)F)CC1. The van der Waals surface area contributed by atoms with E-state index in [0.29, 0.717) is 24.7 Å². The maximum absolute atomic E-state index is 13.7. The second-order valence-corrected chi connectivity index (χ2v) is 6.68. The molecule has 0 radical (unpaired) electrons. The lowest BCUT2D eigenvalue weighted by Crippen LogP contribution is -2.35. The van der Waals surface area contributed by atoms with Crippen molar-refractivity contribution in [3.8, 4) is 5.69 Å². The number of nitrogens with zero attached hydrogens (tertiary/aromatic N) is 4. The summed E-state index contributed by atoms with van der Waals surface area (Å²) in [6.07, 6.45) is -3.01. The zero-order chi connectivity index (χ0) is 18.9. The van der Waals surface area contributed by atoms with Crippen molar-refractivity contribution in [1.29, 1.82) is 0 Å². The third-order valence-electron chi connectivity index (χ3n) is 4.35. The van der Waals surface area contributed by atoms with Crippen molar-refractivity contribution in [2.24, 2.45) is 0 Å². The first kappa shape index (κ1) is 18.7. The van der Waals surface area contributed by atoms with Crippen molar-refractivity contribution in [2.75, 3.05) is 33.2 Å². The summed E-state index contributed by atoms with van der Waals surface area (Å²) in [6, 6.07) is 5.81. The molecule has 0 atom stereocenters. The van der Waals surface area contributed by atoms with Crippen molar-refractivity contribution in [1.82, 2.24) is 19.6 Å². The van der Waals surface area contributed by atoms with E-state index in [1.54, 1.807) is 0 Å². The zero-order valence-corrected chi connectivity index (χ0v) is 14.9. The highest BCUT2D eigenvalue weighted by Gasteiger charge is 2.41. The lowest BCUT2D eigenvalue weighted by atomic mass is 10.2. The smallest absolute Gasteiger partial charge is 0.337 e. The highest BCUT2D eigenvalue weighted by molar-refractivity contribution is 6.30. The number of carbonyl (C=O) groups excluding carboxylic acids is 1. The van der Waals surface area contributed by atoms with E-state index in [0.717, 1.165) is 23.8 Å². The van der Waals surface area contributed by atoms with Crippen LogP contribution in [-0.2, 0) is 6.18 Å². The van der Waals surface area contributed by atoms with Gasteiger partial charge in [0.1, 0.15) is 0 Å². The van der Waals surface area contributed by atoms with E-state index in [-0.39, 0.29) is 5.69 Å². The summed E-state index contributed by atoms with van der Waals surface area (Å²) in [5.74, 6) is -0.646. The number of amides is 1. The third-order valence-corrected chi connectivity index (χ3v) is 4.60. The minimum Gasteiger partial charge on any atom is -0.337 e. The fourth-order valence-corrected chi connectivity index (χ4v) is 3.10. The average molecular weight is 387 g/mol. The summed E-state index contributed by atoms with van der Waals surface area (Å²) in [5.41, 5.74) is -1.31. The molecule has 2 aromatic rings. The van der Waals surface area contributed by atoms with Gasteiger partial charge in [-0.1, -0.05) is 11.6 Å². The van der Waals surface area contributed by atoms with Crippen molar-refractivity contribution in [3.63, 3.8) is 0 Å². The van der Waals surface area contributed by atoms with Gasteiger partial charge in [-0.15, -0.1) is 0 Å². The van der Waals surface area contributed by atoms with Gasteiger partial charge >= 0.3 is 6.18 Å². The molecule has 1 aromatic heterocycles. The van der Waals surface area contributed by atoms with Gasteiger partial charge in [-0.05, 0) is 44.3 Å². The van der Waals surface area contributed by atoms with Crippen LogP contribution in [0.1, 0.15) is 22.5 Å². The molecule has 2 heterocycles. The van der Waals surface area contributed by atoms with Crippen LogP contribution in [0, 0.1) is 0 Å². The standard InChI is InChI=1S/C17H18ClF3N4O/c1-23-7-2-8-24(10-9-23)16(26)14-11-22-25(15(14)17(19,20)21)13-5-3-12(18)4-6-13/h3-6,11H,2,7-10H2,1H3. The van der Waals surface area contributed by atoms with Gasteiger partial charge in [0.2, 0.25) is 0 Å². The molecule has 9 heteroatoms. The number of benzene rings is 1. The van der Waals surface area contributed by atoms with Crippen LogP contribution in [0.5, 0.6) is 0 Å². The van der Waals surface area contributed by atoms with Crippen LogP contribution in [0.4, 0.5) is 13.2 Å². The second-order valence-electron chi connectivity index (χ2n) is 6.24. The maximum atomic E-state index is 13.7. The van der Waals surface area contributed by atoms with E-state index >= 15 is 0 Å². The Balaban J connectivity index is 1.99. The largest absolute Gasteiger partial charge is 0.434 e. The number of hydrogen-bond acceptors (Lipinski definition) is 3. The first-order valence-electron chi connectivity index (χ1n) is 8.16. The summed E-state index contributed by atoms with van der Waals surface area (Å²) in [4.78, 5) is 16.3. The summed E-state index contributed by atoms with van der Waals surface area (Å²) < 4.78 is 41.9. The Morgan fingerprint density at radius 2 is 1.81 bits per heavy atom. The number of alkyl halides is 3. The lowest BCUT2D eigenvalue weighted by Gasteiger charge is -2.21. The van der Waals surface area contributed by atoms with Crippen LogP contribution in [0.3, 0.4) is 0 Å². The van der Waals surface area contributed by atoms with Gasteiger partial charge in [0.05, 0.1) is 17.4 Å². The van der Waals surface area contributed by atoms with Crippen molar-refractivity contribution in [2.45, 2.75) is 12.6 Å². The fourth-order valence-electron chi connectivity index (χ4n) is 2.98. The Labute approximate surface area is 153 Å².